The molecule has 0 fully saturated rings. The van der Waals surface area contributed by atoms with Crippen molar-refractivity contribution in [3.63, 3.8) is 0 Å². The summed E-state index contributed by atoms with van der Waals surface area (Å²) < 4.78 is 29.1. The van der Waals surface area contributed by atoms with E-state index in [1.54, 1.807) is 7.05 Å². The molecule has 1 heterocycles. The maximum absolute atomic E-state index is 12.1. The number of nitrogens with one attached hydrogen (secondary N) is 1. The Morgan fingerprint density at radius 3 is 2.70 bits per heavy atom. The summed E-state index contributed by atoms with van der Waals surface area (Å²) in [6.45, 7) is 5.37. The molecule has 1 amide bonds. The van der Waals surface area contributed by atoms with Gasteiger partial charge < -0.3 is 9.50 Å². The van der Waals surface area contributed by atoms with Crippen LogP contribution in [-0.4, -0.2) is 35.9 Å². The Kier molecular flexibility index (Phi) is 5.55. The monoisotopic (exact) mass is 303 g/mol. The van der Waals surface area contributed by atoms with E-state index in [1.807, 2.05) is 13.8 Å². The number of aryl methyl sites for hydroxylation is 1. The minimum atomic E-state index is -3.71. The van der Waals surface area contributed by atoms with E-state index in [9.17, 15) is 13.2 Å². The molecule has 0 aliphatic rings. The zero-order valence-electron chi connectivity index (χ0n) is 12.2. The van der Waals surface area contributed by atoms with Crippen molar-refractivity contribution in [3.05, 3.63) is 11.8 Å². The van der Waals surface area contributed by atoms with Gasteiger partial charge in [-0.3, -0.25) is 9.48 Å². The zero-order chi connectivity index (χ0) is 15.3. The molecule has 1 atom stereocenters. The van der Waals surface area contributed by atoms with Gasteiger partial charge in [-0.25, -0.2) is 0 Å². The fourth-order valence-electron chi connectivity index (χ4n) is 1.67. The fourth-order valence-corrected chi connectivity index (χ4v) is 2.15. The first-order valence-corrected chi connectivity index (χ1v) is 8.13. The van der Waals surface area contributed by atoms with E-state index in [1.165, 1.54) is 17.8 Å². The number of rotatable bonds is 7. The summed E-state index contributed by atoms with van der Waals surface area (Å²) in [5.74, 6) is -0.757. The van der Waals surface area contributed by atoms with Gasteiger partial charge >= 0.3 is 10.1 Å². The van der Waals surface area contributed by atoms with Crippen LogP contribution in [0.2, 0.25) is 0 Å². The van der Waals surface area contributed by atoms with Crippen molar-refractivity contribution in [1.82, 2.24) is 15.1 Å². The van der Waals surface area contributed by atoms with Crippen molar-refractivity contribution < 1.29 is 17.4 Å². The Morgan fingerprint density at radius 2 is 2.15 bits per heavy atom. The molecule has 20 heavy (non-hydrogen) atoms. The van der Waals surface area contributed by atoms with Gasteiger partial charge in [0.2, 0.25) is 0 Å². The zero-order valence-corrected chi connectivity index (χ0v) is 13.0. The van der Waals surface area contributed by atoms with Crippen molar-refractivity contribution in [1.29, 1.82) is 0 Å². The molecule has 0 saturated carbocycles. The third-order valence-electron chi connectivity index (χ3n) is 2.70. The highest BCUT2D eigenvalue weighted by Gasteiger charge is 2.22. The number of nitrogens with zero attached hydrogens (tertiary/aromatic N) is 2. The van der Waals surface area contributed by atoms with Crippen LogP contribution in [0.5, 0.6) is 5.88 Å². The van der Waals surface area contributed by atoms with E-state index in [2.05, 4.69) is 10.4 Å². The van der Waals surface area contributed by atoms with E-state index in [0.717, 1.165) is 12.8 Å². The summed E-state index contributed by atoms with van der Waals surface area (Å²) in [7, 11) is -2.11. The van der Waals surface area contributed by atoms with Gasteiger partial charge in [0.05, 0.1) is 5.75 Å². The molecule has 0 radical (unpaired) electrons. The van der Waals surface area contributed by atoms with Gasteiger partial charge in [0.25, 0.3) is 11.8 Å². The first-order valence-electron chi connectivity index (χ1n) is 6.55. The third kappa shape index (κ3) is 4.52. The number of aromatic nitrogens is 2. The third-order valence-corrected chi connectivity index (χ3v) is 3.82. The van der Waals surface area contributed by atoms with Crippen LogP contribution < -0.4 is 9.50 Å². The molecular weight excluding hydrogens is 282 g/mol. The van der Waals surface area contributed by atoms with Gasteiger partial charge in [0.15, 0.2) is 0 Å². The lowest BCUT2D eigenvalue weighted by molar-refractivity contribution is 0.0937. The van der Waals surface area contributed by atoms with Gasteiger partial charge in [-0.05, 0) is 20.3 Å². The smallest absolute Gasteiger partial charge is 0.310 e. The SMILES string of the molecule is CCCC(C)NC(=O)c1cn(C)nc1OS(=O)(=O)CC. The lowest BCUT2D eigenvalue weighted by atomic mass is 10.2. The Labute approximate surface area is 119 Å². The number of amides is 1. The van der Waals surface area contributed by atoms with Crippen LogP contribution in [0.4, 0.5) is 0 Å². The summed E-state index contributed by atoms with van der Waals surface area (Å²) in [4.78, 5) is 12.1. The minimum absolute atomic E-state index is 0.00309. The Balaban J connectivity index is 2.92. The lowest BCUT2D eigenvalue weighted by Gasteiger charge is -2.12. The molecular formula is C12H21N3O4S. The first-order chi connectivity index (χ1) is 9.29. The largest absolute Gasteiger partial charge is 0.359 e. The molecule has 0 bridgehead atoms. The quantitative estimate of drug-likeness (QED) is 0.761. The highest BCUT2D eigenvalue weighted by molar-refractivity contribution is 7.87. The van der Waals surface area contributed by atoms with Gasteiger partial charge in [-0.2, -0.15) is 8.42 Å². The average Bonchev–Trinajstić information content (AvgIpc) is 2.69. The first kappa shape index (κ1) is 16.5. The van der Waals surface area contributed by atoms with Gasteiger partial charge in [-0.15, -0.1) is 5.10 Å². The Morgan fingerprint density at radius 1 is 1.50 bits per heavy atom. The van der Waals surface area contributed by atoms with Crippen LogP contribution in [0, 0.1) is 0 Å². The van der Waals surface area contributed by atoms with Crippen molar-refractivity contribution in [2.24, 2.45) is 7.05 Å². The lowest BCUT2D eigenvalue weighted by Crippen LogP contribution is -2.32. The van der Waals surface area contributed by atoms with Crippen molar-refractivity contribution in [2.75, 3.05) is 5.75 Å². The Hall–Kier alpha value is -1.57. The molecule has 0 aliphatic carbocycles. The maximum Gasteiger partial charge on any atom is 0.310 e. The van der Waals surface area contributed by atoms with Gasteiger partial charge in [0, 0.05) is 19.3 Å². The van der Waals surface area contributed by atoms with E-state index < -0.39 is 10.1 Å². The van der Waals surface area contributed by atoms with E-state index in [0.29, 0.717) is 0 Å². The Bertz CT molecular complexity index is 565. The second-order valence-corrected chi connectivity index (χ2v) is 6.47. The summed E-state index contributed by atoms with van der Waals surface area (Å²) in [5.41, 5.74) is 0.118. The van der Waals surface area contributed by atoms with Gasteiger partial charge in [0.1, 0.15) is 5.56 Å². The summed E-state index contributed by atoms with van der Waals surface area (Å²) in [5, 5.41) is 6.66. The normalized spacial score (nSPS) is 13.0. The fraction of sp³-hybridized carbons (Fsp3) is 0.667. The van der Waals surface area contributed by atoms with E-state index in [4.69, 9.17) is 4.18 Å². The minimum Gasteiger partial charge on any atom is -0.359 e. The molecule has 1 N–H and O–H groups in total. The average molecular weight is 303 g/mol. The molecule has 114 valence electrons. The number of hydrogen-bond donors (Lipinski definition) is 1. The molecule has 0 aliphatic heterocycles. The summed E-state index contributed by atoms with van der Waals surface area (Å²) >= 11 is 0. The molecule has 1 unspecified atom stereocenters. The molecule has 0 aromatic carbocycles. The molecule has 0 spiro atoms. The predicted molar refractivity (Wildman–Crippen MR) is 75.1 cm³/mol. The highest BCUT2D eigenvalue weighted by atomic mass is 32.2. The van der Waals surface area contributed by atoms with Crippen molar-refractivity contribution >= 4 is 16.0 Å². The van der Waals surface area contributed by atoms with Crippen LogP contribution in [0.15, 0.2) is 6.20 Å². The second-order valence-electron chi connectivity index (χ2n) is 4.61. The van der Waals surface area contributed by atoms with Crippen LogP contribution in [-0.2, 0) is 17.2 Å². The predicted octanol–water partition coefficient (Wildman–Crippen LogP) is 1.07. The topological polar surface area (TPSA) is 90.3 Å². The van der Waals surface area contributed by atoms with Crippen LogP contribution >= 0.6 is 0 Å². The molecule has 1 rings (SSSR count). The molecule has 8 heteroatoms. The van der Waals surface area contributed by atoms with E-state index >= 15 is 0 Å². The van der Waals surface area contributed by atoms with Crippen LogP contribution in [0.25, 0.3) is 0 Å². The summed E-state index contributed by atoms with van der Waals surface area (Å²) in [6, 6.07) is 0.00309. The van der Waals surface area contributed by atoms with Gasteiger partial charge in [-0.1, -0.05) is 13.3 Å². The molecule has 1 aromatic rings. The summed E-state index contributed by atoms with van der Waals surface area (Å²) in [6.07, 6.45) is 3.23. The molecule has 0 saturated heterocycles. The van der Waals surface area contributed by atoms with Crippen molar-refractivity contribution in [2.45, 2.75) is 39.7 Å². The molecule has 7 nitrogen and oxygen atoms in total. The maximum atomic E-state index is 12.1. The second kappa shape index (κ2) is 6.74. The number of hydrogen-bond acceptors (Lipinski definition) is 5. The van der Waals surface area contributed by atoms with E-state index in [-0.39, 0.29) is 29.1 Å². The van der Waals surface area contributed by atoms with Crippen LogP contribution in [0.1, 0.15) is 44.0 Å². The van der Waals surface area contributed by atoms with Crippen LogP contribution in [0.3, 0.4) is 0 Å². The molecule has 1 aromatic heterocycles. The standard InChI is InChI=1S/C12H21N3O4S/c1-5-7-9(3)13-11(16)10-8-15(4)14-12(10)19-20(17,18)6-2/h8-9H,5-7H2,1-4H3,(H,13,16). The number of carbonyl (C=O) groups is 1. The highest BCUT2D eigenvalue weighted by Crippen LogP contribution is 2.18. The number of carbonyl (C=O) groups excluding carboxylic acids is 1. The van der Waals surface area contributed by atoms with Crippen molar-refractivity contribution in [3.8, 4) is 5.88 Å².